The zero-order valence-corrected chi connectivity index (χ0v) is 12.8. The molecule has 0 aliphatic carbocycles. The maximum atomic E-state index is 12.1. The van der Waals surface area contributed by atoms with E-state index in [1.54, 1.807) is 35.0 Å². The molecule has 0 saturated carbocycles. The fourth-order valence-electron chi connectivity index (χ4n) is 1.86. The lowest BCUT2D eigenvalue weighted by Crippen LogP contribution is -2.10. The van der Waals surface area contributed by atoms with Gasteiger partial charge in [0.05, 0.1) is 29.3 Å². The van der Waals surface area contributed by atoms with Crippen LogP contribution in [0.5, 0.6) is 0 Å². The van der Waals surface area contributed by atoms with Crippen molar-refractivity contribution in [2.75, 3.05) is 5.32 Å². The number of nitrogens with zero attached hydrogens (tertiary/aromatic N) is 4. The van der Waals surface area contributed by atoms with Gasteiger partial charge in [0.2, 0.25) is 0 Å². The summed E-state index contributed by atoms with van der Waals surface area (Å²) in [4.78, 5) is 12.1. The second-order valence-electron chi connectivity index (χ2n) is 4.51. The van der Waals surface area contributed by atoms with Crippen LogP contribution in [0, 0.1) is 0 Å². The number of carbonyl (C=O) groups is 1. The summed E-state index contributed by atoms with van der Waals surface area (Å²) in [5, 5.41) is 11.0. The van der Waals surface area contributed by atoms with Gasteiger partial charge < -0.3 is 5.32 Å². The van der Waals surface area contributed by atoms with E-state index in [1.807, 2.05) is 24.3 Å². The fourth-order valence-corrected chi connectivity index (χ4v) is 2.13. The Morgan fingerprint density at radius 2 is 1.90 bits per heavy atom. The first-order valence-electron chi connectivity index (χ1n) is 6.22. The average molecular weight is 346 g/mol. The molecule has 0 saturated heterocycles. The molecule has 106 valence electrons. The van der Waals surface area contributed by atoms with Gasteiger partial charge in [0.1, 0.15) is 0 Å². The summed E-state index contributed by atoms with van der Waals surface area (Å²) in [7, 11) is 1.79. The Bertz CT molecular complexity index is 775. The molecule has 3 aromatic rings. The molecule has 7 heteroatoms. The molecule has 2 aromatic heterocycles. The Labute approximate surface area is 129 Å². The third-order valence-corrected chi connectivity index (χ3v) is 3.43. The molecular weight excluding hydrogens is 334 g/mol. The van der Waals surface area contributed by atoms with Crippen molar-refractivity contribution in [3.05, 3.63) is 59.1 Å². The second kappa shape index (κ2) is 5.53. The van der Waals surface area contributed by atoms with E-state index in [-0.39, 0.29) is 5.91 Å². The van der Waals surface area contributed by atoms with Crippen LogP contribution in [0.4, 0.5) is 5.69 Å². The SMILES string of the molecule is Cn1cc(NC(=O)c2cnn(-c3ccc(Br)cc3)c2)cn1. The minimum atomic E-state index is -0.216. The summed E-state index contributed by atoms with van der Waals surface area (Å²) in [6, 6.07) is 7.68. The number of aromatic nitrogens is 4. The quantitative estimate of drug-likeness (QED) is 0.793. The molecule has 1 amide bonds. The molecule has 0 spiro atoms. The van der Waals surface area contributed by atoms with Gasteiger partial charge in [0.15, 0.2) is 0 Å². The highest BCUT2D eigenvalue weighted by atomic mass is 79.9. The smallest absolute Gasteiger partial charge is 0.258 e. The topological polar surface area (TPSA) is 64.7 Å². The fraction of sp³-hybridized carbons (Fsp3) is 0.0714. The molecule has 0 unspecified atom stereocenters. The van der Waals surface area contributed by atoms with Crippen molar-refractivity contribution in [2.45, 2.75) is 0 Å². The molecule has 2 heterocycles. The first kappa shape index (κ1) is 13.6. The van der Waals surface area contributed by atoms with Crippen LogP contribution >= 0.6 is 15.9 Å². The van der Waals surface area contributed by atoms with Crippen LogP contribution in [-0.2, 0) is 7.05 Å². The van der Waals surface area contributed by atoms with Gasteiger partial charge in [0, 0.05) is 23.9 Å². The van der Waals surface area contributed by atoms with Gasteiger partial charge in [-0.15, -0.1) is 0 Å². The van der Waals surface area contributed by atoms with E-state index < -0.39 is 0 Å². The minimum absolute atomic E-state index is 0.216. The van der Waals surface area contributed by atoms with Crippen LogP contribution in [0.25, 0.3) is 5.69 Å². The Balaban J connectivity index is 1.78. The first-order chi connectivity index (χ1) is 10.1. The Morgan fingerprint density at radius 3 is 2.57 bits per heavy atom. The predicted octanol–water partition coefficient (Wildman–Crippen LogP) is 2.62. The number of amides is 1. The van der Waals surface area contributed by atoms with E-state index in [2.05, 4.69) is 31.4 Å². The third-order valence-electron chi connectivity index (χ3n) is 2.90. The highest BCUT2D eigenvalue weighted by molar-refractivity contribution is 9.10. The van der Waals surface area contributed by atoms with Gasteiger partial charge in [-0.25, -0.2) is 4.68 Å². The zero-order valence-electron chi connectivity index (χ0n) is 11.2. The van der Waals surface area contributed by atoms with Gasteiger partial charge in [-0.05, 0) is 24.3 Å². The molecule has 0 atom stereocenters. The van der Waals surface area contributed by atoms with Crippen molar-refractivity contribution in [3.63, 3.8) is 0 Å². The summed E-state index contributed by atoms with van der Waals surface area (Å²) in [5.41, 5.74) is 2.03. The molecule has 3 rings (SSSR count). The third kappa shape index (κ3) is 3.03. The second-order valence-corrected chi connectivity index (χ2v) is 5.42. The first-order valence-corrected chi connectivity index (χ1v) is 7.02. The number of aryl methyl sites for hydroxylation is 1. The van der Waals surface area contributed by atoms with Crippen molar-refractivity contribution >= 4 is 27.5 Å². The molecule has 0 bridgehead atoms. The van der Waals surface area contributed by atoms with Crippen LogP contribution in [0.3, 0.4) is 0 Å². The molecule has 0 aliphatic heterocycles. The summed E-state index contributed by atoms with van der Waals surface area (Å²) in [6.45, 7) is 0. The zero-order chi connectivity index (χ0) is 14.8. The maximum Gasteiger partial charge on any atom is 0.258 e. The van der Waals surface area contributed by atoms with E-state index in [9.17, 15) is 4.79 Å². The van der Waals surface area contributed by atoms with Crippen LogP contribution in [0.15, 0.2) is 53.5 Å². The molecule has 21 heavy (non-hydrogen) atoms. The van der Waals surface area contributed by atoms with Crippen molar-refractivity contribution in [1.29, 1.82) is 0 Å². The molecule has 0 aliphatic rings. The lowest BCUT2D eigenvalue weighted by Gasteiger charge is -2.01. The average Bonchev–Trinajstić information content (AvgIpc) is 3.09. The van der Waals surface area contributed by atoms with E-state index in [0.717, 1.165) is 10.2 Å². The highest BCUT2D eigenvalue weighted by Crippen LogP contribution is 2.14. The molecular formula is C14H12BrN5O. The highest BCUT2D eigenvalue weighted by Gasteiger charge is 2.10. The summed E-state index contributed by atoms with van der Waals surface area (Å²) in [6.07, 6.45) is 6.55. The predicted molar refractivity (Wildman–Crippen MR) is 82.4 cm³/mol. The van der Waals surface area contributed by atoms with Crippen LogP contribution in [0.2, 0.25) is 0 Å². The molecule has 0 radical (unpaired) electrons. The van der Waals surface area contributed by atoms with Crippen molar-refractivity contribution in [2.24, 2.45) is 7.05 Å². The number of rotatable bonds is 3. The maximum absolute atomic E-state index is 12.1. The number of nitrogens with one attached hydrogen (secondary N) is 1. The number of carbonyl (C=O) groups excluding carboxylic acids is 1. The largest absolute Gasteiger partial charge is 0.319 e. The minimum Gasteiger partial charge on any atom is -0.319 e. The van der Waals surface area contributed by atoms with E-state index >= 15 is 0 Å². The molecule has 6 nitrogen and oxygen atoms in total. The van der Waals surface area contributed by atoms with Gasteiger partial charge >= 0.3 is 0 Å². The lowest BCUT2D eigenvalue weighted by atomic mass is 10.3. The normalized spacial score (nSPS) is 10.6. The van der Waals surface area contributed by atoms with Gasteiger partial charge in [-0.2, -0.15) is 10.2 Å². The number of hydrogen-bond acceptors (Lipinski definition) is 3. The Hall–Kier alpha value is -2.41. The van der Waals surface area contributed by atoms with Crippen molar-refractivity contribution in [3.8, 4) is 5.69 Å². The summed E-state index contributed by atoms with van der Waals surface area (Å²) >= 11 is 3.38. The Kier molecular flexibility index (Phi) is 3.57. The number of benzene rings is 1. The summed E-state index contributed by atoms with van der Waals surface area (Å²) < 4.78 is 4.28. The van der Waals surface area contributed by atoms with Crippen LogP contribution in [-0.4, -0.2) is 25.5 Å². The Morgan fingerprint density at radius 1 is 1.14 bits per heavy atom. The van der Waals surface area contributed by atoms with Crippen molar-refractivity contribution in [1.82, 2.24) is 19.6 Å². The van der Waals surface area contributed by atoms with Crippen molar-refractivity contribution < 1.29 is 4.79 Å². The number of anilines is 1. The van der Waals surface area contributed by atoms with Gasteiger partial charge in [-0.1, -0.05) is 15.9 Å². The van der Waals surface area contributed by atoms with Gasteiger partial charge in [0.25, 0.3) is 5.91 Å². The summed E-state index contributed by atoms with van der Waals surface area (Å²) in [5.74, 6) is -0.216. The standard InChI is InChI=1S/C14H12BrN5O/c1-19-9-12(7-16-19)18-14(21)10-6-17-20(8-10)13-4-2-11(15)3-5-13/h2-9H,1H3,(H,18,21). The van der Waals surface area contributed by atoms with Crippen LogP contribution in [0.1, 0.15) is 10.4 Å². The van der Waals surface area contributed by atoms with Gasteiger partial charge in [-0.3, -0.25) is 9.48 Å². The van der Waals surface area contributed by atoms with E-state index in [1.165, 1.54) is 6.20 Å². The molecule has 1 N–H and O–H groups in total. The molecule has 1 aromatic carbocycles. The molecule has 0 fully saturated rings. The van der Waals surface area contributed by atoms with Crippen LogP contribution < -0.4 is 5.32 Å². The number of halogens is 1. The monoisotopic (exact) mass is 345 g/mol. The lowest BCUT2D eigenvalue weighted by molar-refractivity contribution is 0.102. The van der Waals surface area contributed by atoms with E-state index in [4.69, 9.17) is 0 Å². The number of hydrogen-bond donors (Lipinski definition) is 1. The van der Waals surface area contributed by atoms with E-state index in [0.29, 0.717) is 11.3 Å².